The molecule has 9 nitrogen and oxygen atoms in total. The first kappa shape index (κ1) is 24.3. The number of amides is 2. The third-order valence-electron chi connectivity index (χ3n) is 6.55. The number of nitrogens with one attached hydrogen (secondary N) is 1. The Labute approximate surface area is 204 Å². The lowest BCUT2D eigenvalue weighted by atomic mass is 9.94. The van der Waals surface area contributed by atoms with Gasteiger partial charge in [0.15, 0.2) is 0 Å². The first-order valence-corrected chi connectivity index (χ1v) is 12.4. The molecule has 2 fully saturated rings. The molecule has 0 bridgehead atoms. The number of halogens is 1. The van der Waals surface area contributed by atoms with E-state index in [2.05, 4.69) is 10.3 Å². The van der Waals surface area contributed by atoms with Gasteiger partial charge in [-0.3, -0.25) is 19.7 Å². The summed E-state index contributed by atoms with van der Waals surface area (Å²) in [6, 6.07) is 3.65. The van der Waals surface area contributed by atoms with Crippen molar-refractivity contribution in [3.63, 3.8) is 0 Å². The van der Waals surface area contributed by atoms with Crippen LogP contribution in [-0.2, 0) is 20.9 Å². The second-order valence-electron chi connectivity index (χ2n) is 9.11. The zero-order chi connectivity index (χ0) is 24.1. The smallest absolute Gasteiger partial charge is 0.323 e. The van der Waals surface area contributed by atoms with Crippen molar-refractivity contribution in [2.24, 2.45) is 4.99 Å². The molecule has 0 unspecified atom stereocenters. The number of nitrogens with zero attached hydrogens (tertiary/aromatic N) is 3. The van der Waals surface area contributed by atoms with Crippen LogP contribution in [0.2, 0.25) is 5.02 Å². The number of unbranched alkanes of at least 4 members (excludes halogenated alkanes) is 2. The number of benzene rings is 1. The van der Waals surface area contributed by atoms with Gasteiger partial charge in [0.2, 0.25) is 17.8 Å². The van der Waals surface area contributed by atoms with Gasteiger partial charge >= 0.3 is 5.97 Å². The zero-order valence-electron chi connectivity index (χ0n) is 19.2. The maximum atomic E-state index is 12.7. The number of carbonyl (C=O) groups is 3. The normalized spacial score (nSPS) is 17.5. The van der Waals surface area contributed by atoms with Crippen molar-refractivity contribution < 1.29 is 24.2 Å². The largest absolute Gasteiger partial charge is 0.493 e. The van der Waals surface area contributed by atoms with Crippen LogP contribution in [0.15, 0.2) is 17.1 Å². The fourth-order valence-corrected chi connectivity index (χ4v) is 5.08. The summed E-state index contributed by atoms with van der Waals surface area (Å²) >= 11 is 6.44. The maximum absolute atomic E-state index is 12.7. The topological polar surface area (TPSA) is 112 Å². The van der Waals surface area contributed by atoms with Crippen LogP contribution in [0.25, 0.3) is 0 Å². The first-order valence-electron chi connectivity index (χ1n) is 12.0. The number of aliphatic carboxylic acids is 1. The Morgan fingerprint density at radius 2 is 1.97 bits per heavy atom. The van der Waals surface area contributed by atoms with Crippen LogP contribution >= 0.6 is 11.6 Å². The first-order chi connectivity index (χ1) is 16.4. The number of carbonyl (C=O) groups excluding carboxylic acids is 2. The monoisotopic (exact) mass is 490 g/mol. The predicted molar refractivity (Wildman–Crippen MR) is 127 cm³/mol. The number of ether oxygens (including phenoxy) is 1. The van der Waals surface area contributed by atoms with Crippen LogP contribution in [0.5, 0.6) is 5.75 Å². The Hall–Kier alpha value is -2.81. The summed E-state index contributed by atoms with van der Waals surface area (Å²) in [5, 5.41) is 12.5. The maximum Gasteiger partial charge on any atom is 0.323 e. The van der Waals surface area contributed by atoms with E-state index in [0.717, 1.165) is 50.5 Å². The number of rotatable bonds is 10. The van der Waals surface area contributed by atoms with Gasteiger partial charge in [-0.25, -0.2) is 4.99 Å². The fraction of sp³-hybridized carbons (Fsp3) is 0.583. The molecule has 10 heteroatoms. The SMILES string of the molecule is O=C(O)CN(C(=O)CCCCCOc1cc(Cl)c2c(c1)N=C1NC(=O)CN1C2)C1CCCCC1. The molecular weight excluding hydrogens is 460 g/mol. The molecule has 1 aliphatic carbocycles. The number of hydrogen-bond acceptors (Lipinski definition) is 6. The molecule has 1 saturated carbocycles. The molecule has 1 aromatic carbocycles. The van der Waals surface area contributed by atoms with Gasteiger partial charge in [-0.05, 0) is 38.2 Å². The second kappa shape index (κ2) is 11.1. The highest BCUT2D eigenvalue weighted by molar-refractivity contribution is 6.32. The number of carboxylic acids is 1. The third kappa shape index (κ3) is 6.00. The molecule has 2 heterocycles. The van der Waals surface area contributed by atoms with E-state index in [1.807, 2.05) is 11.0 Å². The molecule has 0 atom stereocenters. The summed E-state index contributed by atoms with van der Waals surface area (Å²) < 4.78 is 5.86. The summed E-state index contributed by atoms with van der Waals surface area (Å²) in [4.78, 5) is 43.4. The number of guanidine groups is 1. The number of hydrogen-bond donors (Lipinski definition) is 2. The standard InChI is InChI=1S/C24H31ClN4O5/c25-19-11-17(12-20-18(19)13-28-14-21(30)27-24(28)26-20)34-10-6-2-5-9-22(31)29(15-23(32)33)16-7-3-1-4-8-16/h11-12,16H,1-10,13-15H2,(H,32,33)(H,26,27,30). The lowest BCUT2D eigenvalue weighted by molar-refractivity contribution is -0.146. The molecule has 0 spiro atoms. The van der Waals surface area contributed by atoms with Crippen LogP contribution in [0.4, 0.5) is 5.69 Å². The van der Waals surface area contributed by atoms with Crippen LogP contribution in [0.3, 0.4) is 0 Å². The highest BCUT2D eigenvalue weighted by Crippen LogP contribution is 2.36. The van der Waals surface area contributed by atoms with Crippen molar-refractivity contribution in [3.8, 4) is 5.75 Å². The van der Waals surface area contributed by atoms with Crippen LogP contribution in [0.1, 0.15) is 63.4 Å². The molecule has 34 heavy (non-hydrogen) atoms. The lowest BCUT2D eigenvalue weighted by Gasteiger charge is -2.33. The molecule has 0 aromatic heterocycles. The van der Waals surface area contributed by atoms with Crippen molar-refractivity contribution in [3.05, 3.63) is 22.7 Å². The van der Waals surface area contributed by atoms with E-state index in [-0.39, 0.29) is 30.9 Å². The van der Waals surface area contributed by atoms with Gasteiger partial charge in [-0.1, -0.05) is 30.9 Å². The quantitative estimate of drug-likeness (QED) is 0.486. The van der Waals surface area contributed by atoms with Crippen molar-refractivity contribution in [2.75, 3.05) is 19.7 Å². The third-order valence-corrected chi connectivity index (χ3v) is 6.89. The van der Waals surface area contributed by atoms with Gasteiger partial charge in [-0.2, -0.15) is 0 Å². The van der Waals surface area contributed by atoms with Crippen LogP contribution in [-0.4, -0.2) is 64.4 Å². The Bertz CT molecular complexity index is 976. The molecule has 184 valence electrons. The predicted octanol–water partition coefficient (Wildman–Crippen LogP) is 3.46. The van der Waals surface area contributed by atoms with Gasteiger partial charge in [0.1, 0.15) is 18.8 Å². The van der Waals surface area contributed by atoms with E-state index >= 15 is 0 Å². The molecule has 3 aliphatic rings. The highest BCUT2D eigenvalue weighted by Gasteiger charge is 2.30. The molecule has 2 aliphatic heterocycles. The summed E-state index contributed by atoms with van der Waals surface area (Å²) in [5.74, 6) is 0.0583. The molecule has 4 rings (SSSR count). The van der Waals surface area contributed by atoms with Crippen molar-refractivity contribution in [1.29, 1.82) is 0 Å². The van der Waals surface area contributed by atoms with E-state index in [9.17, 15) is 19.5 Å². The van der Waals surface area contributed by atoms with Crippen LogP contribution < -0.4 is 10.1 Å². The zero-order valence-corrected chi connectivity index (χ0v) is 20.0. The fourth-order valence-electron chi connectivity index (χ4n) is 4.81. The molecule has 2 N–H and O–H groups in total. The Morgan fingerprint density at radius 1 is 1.18 bits per heavy atom. The van der Waals surface area contributed by atoms with Crippen molar-refractivity contribution in [1.82, 2.24) is 15.1 Å². The highest BCUT2D eigenvalue weighted by atomic mass is 35.5. The van der Waals surface area contributed by atoms with Crippen LogP contribution in [0, 0.1) is 0 Å². The minimum absolute atomic E-state index is 0.0580. The Balaban J connectivity index is 1.22. The number of carboxylic acid groups (broad SMARTS) is 1. The van der Waals surface area contributed by atoms with E-state index in [0.29, 0.717) is 48.4 Å². The minimum Gasteiger partial charge on any atom is -0.493 e. The summed E-state index contributed by atoms with van der Waals surface area (Å²) in [5.41, 5.74) is 1.57. The molecule has 1 aromatic rings. The van der Waals surface area contributed by atoms with Gasteiger partial charge in [0.25, 0.3) is 0 Å². The molecule has 0 radical (unpaired) electrons. The Morgan fingerprint density at radius 3 is 2.74 bits per heavy atom. The molecule has 2 amide bonds. The van der Waals surface area contributed by atoms with E-state index in [4.69, 9.17) is 16.3 Å². The second-order valence-corrected chi connectivity index (χ2v) is 9.52. The lowest BCUT2D eigenvalue weighted by Crippen LogP contribution is -2.44. The van der Waals surface area contributed by atoms with Crippen molar-refractivity contribution >= 4 is 41.0 Å². The summed E-state index contributed by atoms with van der Waals surface area (Å²) in [7, 11) is 0. The molecule has 1 saturated heterocycles. The van der Waals surface area contributed by atoms with Gasteiger partial charge in [-0.15, -0.1) is 0 Å². The minimum atomic E-state index is -0.954. The van der Waals surface area contributed by atoms with Gasteiger partial charge < -0.3 is 19.6 Å². The van der Waals surface area contributed by atoms with Crippen molar-refractivity contribution in [2.45, 2.75) is 70.4 Å². The van der Waals surface area contributed by atoms with E-state index in [1.165, 1.54) is 0 Å². The molecular formula is C24H31ClN4O5. The average molecular weight is 491 g/mol. The Kier molecular flexibility index (Phi) is 7.92. The van der Waals surface area contributed by atoms with Gasteiger partial charge in [0.05, 0.1) is 17.3 Å². The summed E-state index contributed by atoms with van der Waals surface area (Å²) in [6.07, 6.45) is 7.67. The van der Waals surface area contributed by atoms with Gasteiger partial charge in [0, 0.05) is 30.6 Å². The average Bonchev–Trinajstić information content (AvgIpc) is 3.17. The van der Waals surface area contributed by atoms with E-state index in [1.54, 1.807) is 11.0 Å². The number of aliphatic imine (C=N–C) groups is 1. The summed E-state index contributed by atoms with van der Waals surface area (Å²) in [6.45, 7) is 1.07. The number of fused-ring (bicyclic) bond motifs is 2. The van der Waals surface area contributed by atoms with E-state index < -0.39 is 5.97 Å².